The van der Waals surface area contributed by atoms with Gasteiger partial charge in [0.15, 0.2) is 10.9 Å². The van der Waals surface area contributed by atoms with E-state index in [1.165, 1.54) is 30.2 Å². The summed E-state index contributed by atoms with van der Waals surface area (Å²) < 4.78 is 7.71. The van der Waals surface area contributed by atoms with Crippen LogP contribution in [0.1, 0.15) is 46.1 Å². The lowest BCUT2D eigenvalue weighted by Gasteiger charge is -2.10. The van der Waals surface area contributed by atoms with Crippen molar-refractivity contribution in [1.29, 1.82) is 0 Å². The molecule has 0 radical (unpaired) electrons. The largest absolute Gasteiger partial charge is 0.493 e. The highest BCUT2D eigenvalue weighted by molar-refractivity contribution is 7.99. The molecule has 5 rings (SSSR count). The average molecular weight is 391 g/mol. The third-order valence-electron chi connectivity index (χ3n) is 5.22. The minimum atomic E-state index is 0.113. The molecule has 0 atom stereocenters. The molecule has 1 aromatic heterocycles. The van der Waals surface area contributed by atoms with Gasteiger partial charge in [0.25, 0.3) is 0 Å². The summed E-state index contributed by atoms with van der Waals surface area (Å²) in [5.41, 5.74) is 3.09. The van der Waals surface area contributed by atoms with Crippen molar-refractivity contribution >= 4 is 17.5 Å². The molecule has 1 saturated carbocycles. The zero-order valence-electron chi connectivity index (χ0n) is 15.5. The van der Waals surface area contributed by atoms with E-state index in [0.29, 0.717) is 18.3 Å². The second kappa shape index (κ2) is 7.43. The zero-order valence-corrected chi connectivity index (χ0v) is 16.3. The van der Waals surface area contributed by atoms with Crippen LogP contribution in [-0.4, -0.2) is 32.9 Å². The molecule has 2 heterocycles. The number of ether oxygens (including phenoxy) is 1. The summed E-state index contributed by atoms with van der Waals surface area (Å²) in [4.78, 5) is 12.7. The van der Waals surface area contributed by atoms with E-state index < -0.39 is 0 Å². The van der Waals surface area contributed by atoms with Crippen LogP contribution in [0.15, 0.2) is 53.7 Å². The summed E-state index contributed by atoms with van der Waals surface area (Å²) in [6.07, 6.45) is 3.22. The highest BCUT2D eigenvalue weighted by Gasteiger charge is 2.30. The van der Waals surface area contributed by atoms with Crippen molar-refractivity contribution in [2.24, 2.45) is 0 Å². The van der Waals surface area contributed by atoms with Crippen molar-refractivity contribution in [3.8, 4) is 5.75 Å². The van der Waals surface area contributed by atoms with Crippen molar-refractivity contribution < 1.29 is 9.53 Å². The van der Waals surface area contributed by atoms with E-state index >= 15 is 0 Å². The van der Waals surface area contributed by atoms with Crippen molar-refractivity contribution in [3.63, 3.8) is 0 Å². The molecule has 2 aromatic carbocycles. The summed E-state index contributed by atoms with van der Waals surface area (Å²) in [6, 6.07) is 16.1. The first-order valence-electron chi connectivity index (χ1n) is 9.66. The highest BCUT2D eigenvalue weighted by atomic mass is 32.2. The lowest BCUT2D eigenvalue weighted by Crippen LogP contribution is -2.08. The smallest absolute Gasteiger partial charge is 0.191 e. The second-order valence-electron chi connectivity index (χ2n) is 7.32. The Morgan fingerprint density at radius 1 is 1.14 bits per heavy atom. The van der Waals surface area contributed by atoms with E-state index in [0.717, 1.165) is 40.8 Å². The Morgan fingerprint density at radius 2 is 2.00 bits per heavy atom. The molecule has 3 aromatic rings. The van der Waals surface area contributed by atoms with Gasteiger partial charge < -0.3 is 9.30 Å². The number of carbonyl (C=O) groups is 1. The van der Waals surface area contributed by atoms with E-state index in [1.807, 2.05) is 36.4 Å². The van der Waals surface area contributed by atoms with Gasteiger partial charge in [-0.1, -0.05) is 42.1 Å². The van der Waals surface area contributed by atoms with Gasteiger partial charge in [-0.25, -0.2) is 0 Å². The SMILES string of the molecule is O=C(CSc1nnc(C2CC2)n1Cc1ccccc1)c1ccc2c(c1)CCO2. The van der Waals surface area contributed by atoms with Crippen LogP contribution in [0.3, 0.4) is 0 Å². The van der Waals surface area contributed by atoms with Gasteiger partial charge in [0.05, 0.1) is 18.9 Å². The van der Waals surface area contributed by atoms with E-state index in [2.05, 4.69) is 26.9 Å². The lowest BCUT2D eigenvalue weighted by atomic mass is 10.1. The molecule has 0 N–H and O–H groups in total. The molecule has 2 aliphatic rings. The Bertz CT molecular complexity index is 1010. The van der Waals surface area contributed by atoms with E-state index in [4.69, 9.17) is 4.74 Å². The molecule has 0 amide bonds. The Hall–Kier alpha value is -2.60. The van der Waals surface area contributed by atoms with Crippen LogP contribution in [0.5, 0.6) is 5.75 Å². The summed E-state index contributed by atoms with van der Waals surface area (Å²) in [6.45, 7) is 1.45. The standard InChI is InChI=1S/C22H21N3O2S/c26-19(17-8-9-20-18(12-17)10-11-27-20)14-28-22-24-23-21(16-6-7-16)25(22)13-15-4-2-1-3-5-15/h1-5,8-9,12,16H,6-7,10-11,13-14H2. The quantitative estimate of drug-likeness (QED) is 0.448. The van der Waals surface area contributed by atoms with Crippen LogP contribution in [-0.2, 0) is 13.0 Å². The lowest BCUT2D eigenvalue weighted by molar-refractivity contribution is 0.102. The van der Waals surface area contributed by atoms with Crippen LogP contribution < -0.4 is 4.74 Å². The zero-order chi connectivity index (χ0) is 18.9. The molecule has 0 bridgehead atoms. The Labute approximate surface area is 168 Å². The van der Waals surface area contributed by atoms with Crippen LogP contribution in [0, 0.1) is 0 Å². The van der Waals surface area contributed by atoms with E-state index in [9.17, 15) is 4.79 Å². The Morgan fingerprint density at radius 3 is 2.82 bits per heavy atom. The molecule has 142 valence electrons. The molecule has 0 saturated heterocycles. The molecule has 1 aliphatic carbocycles. The van der Waals surface area contributed by atoms with Crippen LogP contribution in [0.25, 0.3) is 0 Å². The number of hydrogen-bond donors (Lipinski definition) is 0. The molecular weight excluding hydrogens is 370 g/mol. The number of fused-ring (bicyclic) bond motifs is 1. The molecule has 0 spiro atoms. The van der Waals surface area contributed by atoms with Gasteiger partial charge >= 0.3 is 0 Å². The number of hydrogen-bond acceptors (Lipinski definition) is 5. The number of ketones is 1. The molecule has 28 heavy (non-hydrogen) atoms. The van der Waals surface area contributed by atoms with Crippen molar-refractivity contribution in [2.45, 2.75) is 36.9 Å². The first-order valence-corrected chi connectivity index (χ1v) is 10.7. The maximum Gasteiger partial charge on any atom is 0.191 e. The fourth-order valence-corrected chi connectivity index (χ4v) is 4.38. The minimum Gasteiger partial charge on any atom is -0.493 e. The molecular formula is C22H21N3O2S. The third-order valence-corrected chi connectivity index (χ3v) is 6.18. The van der Waals surface area contributed by atoms with Crippen LogP contribution in [0.4, 0.5) is 0 Å². The second-order valence-corrected chi connectivity index (χ2v) is 8.26. The fraction of sp³-hybridized carbons (Fsp3) is 0.318. The van der Waals surface area contributed by atoms with Gasteiger partial charge in [-0.15, -0.1) is 10.2 Å². The highest BCUT2D eigenvalue weighted by Crippen LogP contribution is 2.40. The first kappa shape index (κ1) is 17.5. The molecule has 6 heteroatoms. The maximum atomic E-state index is 12.7. The number of rotatable bonds is 7. The van der Waals surface area contributed by atoms with Crippen LogP contribution >= 0.6 is 11.8 Å². The van der Waals surface area contributed by atoms with Gasteiger partial charge in [-0.05, 0) is 42.2 Å². The maximum absolute atomic E-state index is 12.7. The van der Waals surface area contributed by atoms with E-state index in [1.54, 1.807) is 0 Å². The van der Waals surface area contributed by atoms with Gasteiger partial charge in [0.2, 0.25) is 0 Å². The first-order chi connectivity index (χ1) is 13.8. The molecule has 1 aliphatic heterocycles. The predicted molar refractivity (Wildman–Crippen MR) is 108 cm³/mol. The summed E-state index contributed by atoms with van der Waals surface area (Å²) in [5, 5.41) is 9.66. The average Bonchev–Trinajstić information content (AvgIpc) is 3.32. The summed E-state index contributed by atoms with van der Waals surface area (Å²) in [5.74, 6) is 2.94. The fourth-order valence-electron chi connectivity index (χ4n) is 3.54. The number of Topliss-reactive ketones (excluding diaryl/α,β-unsaturated/α-hetero) is 1. The van der Waals surface area contributed by atoms with Crippen molar-refractivity contribution in [3.05, 3.63) is 71.0 Å². The summed E-state index contributed by atoms with van der Waals surface area (Å²) in [7, 11) is 0. The molecule has 0 unspecified atom stereocenters. The predicted octanol–water partition coefficient (Wildman–Crippen LogP) is 4.11. The van der Waals surface area contributed by atoms with Crippen molar-refractivity contribution in [1.82, 2.24) is 14.8 Å². The van der Waals surface area contributed by atoms with Crippen LogP contribution in [0.2, 0.25) is 0 Å². The molecule has 5 nitrogen and oxygen atoms in total. The van der Waals surface area contributed by atoms with Gasteiger partial charge in [0, 0.05) is 17.9 Å². The van der Waals surface area contributed by atoms with Crippen molar-refractivity contribution in [2.75, 3.05) is 12.4 Å². The van der Waals surface area contributed by atoms with Gasteiger partial charge in [-0.2, -0.15) is 0 Å². The number of carbonyl (C=O) groups excluding carboxylic acids is 1. The van der Waals surface area contributed by atoms with E-state index in [-0.39, 0.29) is 5.78 Å². The topological polar surface area (TPSA) is 57.0 Å². The number of aromatic nitrogens is 3. The Kier molecular flexibility index (Phi) is 4.64. The summed E-state index contributed by atoms with van der Waals surface area (Å²) >= 11 is 1.48. The minimum absolute atomic E-state index is 0.113. The third kappa shape index (κ3) is 3.56. The number of nitrogens with zero attached hydrogens (tertiary/aromatic N) is 3. The van der Waals surface area contributed by atoms with Gasteiger partial charge in [-0.3, -0.25) is 4.79 Å². The number of thioether (sulfide) groups is 1. The monoisotopic (exact) mass is 391 g/mol. The molecule has 1 fully saturated rings. The van der Waals surface area contributed by atoms with Gasteiger partial charge in [0.1, 0.15) is 11.6 Å². The Balaban J connectivity index is 1.33. The number of benzene rings is 2. The normalized spacial score (nSPS) is 15.3.